The summed E-state index contributed by atoms with van der Waals surface area (Å²) in [4.78, 5) is 5.81. The highest BCUT2D eigenvalue weighted by Gasteiger charge is 2.19. The Bertz CT molecular complexity index is 1250. The van der Waals surface area contributed by atoms with Crippen molar-refractivity contribution in [2.24, 2.45) is 0 Å². The van der Waals surface area contributed by atoms with E-state index in [0.29, 0.717) is 0 Å². The fourth-order valence-electron chi connectivity index (χ4n) is 3.51. The summed E-state index contributed by atoms with van der Waals surface area (Å²) in [5.41, 5.74) is 6.49. The molecule has 0 aliphatic carbocycles. The van der Waals surface area contributed by atoms with Crippen molar-refractivity contribution in [3.05, 3.63) is 84.2 Å². The number of nitrogens with zero attached hydrogens (tertiary/aromatic N) is 2. The highest BCUT2D eigenvalue weighted by molar-refractivity contribution is 7.23. The average molecular weight is 372 g/mol. The Morgan fingerprint density at radius 3 is 2.44 bits per heavy atom. The van der Waals surface area contributed by atoms with Crippen molar-refractivity contribution >= 4 is 26.5 Å². The maximum absolute atomic E-state index is 13.7. The molecule has 0 aliphatic heterocycles. The summed E-state index contributed by atoms with van der Waals surface area (Å²) in [7, 11) is 0. The third-order valence-electron chi connectivity index (χ3n) is 4.89. The van der Waals surface area contributed by atoms with Crippen LogP contribution in [0.3, 0.4) is 0 Å². The Hall–Kier alpha value is -2.98. The molecule has 4 heteroatoms. The van der Waals surface area contributed by atoms with E-state index in [1.54, 1.807) is 6.07 Å². The molecule has 0 unspecified atom stereocenters. The molecule has 0 radical (unpaired) electrons. The van der Waals surface area contributed by atoms with Gasteiger partial charge in [0.05, 0.1) is 21.6 Å². The smallest absolute Gasteiger partial charge is 0.195 e. The average Bonchev–Trinajstić information content (AvgIpc) is 3.24. The van der Waals surface area contributed by atoms with Crippen LogP contribution in [0.1, 0.15) is 12.5 Å². The molecule has 0 amide bonds. The summed E-state index contributed by atoms with van der Waals surface area (Å²) >= 11 is 1.52. The van der Waals surface area contributed by atoms with Gasteiger partial charge in [0.25, 0.3) is 0 Å². The third kappa shape index (κ3) is 2.64. The zero-order valence-electron chi connectivity index (χ0n) is 14.8. The van der Waals surface area contributed by atoms with Crippen LogP contribution in [0.4, 0.5) is 4.39 Å². The summed E-state index contributed by atoms with van der Waals surface area (Å²) in [5, 5.41) is 0. The lowest BCUT2D eigenvalue weighted by Crippen LogP contribution is -1.90. The van der Waals surface area contributed by atoms with Crippen LogP contribution >= 0.6 is 11.3 Å². The van der Waals surface area contributed by atoms with Crippen LogP contribution in [0, 0.1) is 5.82 Å². The largest absolute Gasteiger partial charge is 0.282 e. The Kier molecular flexibility index (Phi) is 3.80. The monoisotopic (exact) mass is 372 g/mol. The topological polar surface area (TPSA) is 17.3 Å². The molecule has 0 aliphatic rings. The van der Waals surface area contributed by atoms with Gasteiger partial charge in [-0.3, -0.25) is 4.40 Å². The van der Waals surface area contributed by atoms with Gasteiger partial charge < -0.3 is 0 Å². The van der Waals surface area contributed by atoms with Gasteiger partial charge in [0.2, 0.25) is 0 Å². The molecule has 0 saturated heterocycles. The van der Waals surface area contributed by atoms with Gasteiger partial charge in [-0.1, -0.05) is 72.9 Å². The number of thiazole rings is 1. The second-order valence-corrected chi connectivity index (χ2v) is 7.57. The Balaban J connectivity index is 1.86. The first-order valence-corrected chi connectivity index (χ1v) is 9.81. The zero-order chi connectivity index (χ0) is 18.4. The summed E-state index contributed by atoms with van der Waals surface area (Å²) in [6.45, 7) is 2.16. The van der Waals surface area contributed by atoms with E-state index in [-0.39, 0.29) is 5.82 Å². The molecular weight excluding hydrogens is 355 g/mol. The maximum Gasteiger partial charge on any atom is 0.195 e. The number of hydrogen-bond donors (Lipinski definition) is 0. The van der Waals surface area contributed by atoms with Crippen LogP contribution in [0.25, 0.3) is 37.7 Å². The Morgan fingerprint density at radius 1 is 0.926 bits per heavy atom. The molecule has 5 aromatic rings. The van der Waals surface area contributed by atoms with E-state index in [1.807, 2.05) is 24.3 Å². The predicted octanol–water partition coefficient (Wildman–Crippen LogP) is 6.58. The van der Waals surface area contributed by atoms with Gasteiger partial charge in [-0.2, -0.15) is 0 Å². The number of halogens is 1. The number of imidazole rings is 1. The maximum atomic E-state index is 13.7. The molecular formula is C23H17FN2S. The van der Waals surface area contributed by atoms with Crippen molar-refractivity contribution in [2.75, 3.05) is 0 Å². The first-order valence-electron chi connectivity index (χ1n) is 9.00. The summed E-state index contributed by atoms with van der Waals surface area (Å²) < 4.78 is 16.8. The molecule has 0 spiro atoms. The van der Waals surface area contributed by atoms with E-state index < -0.39 is 0 Å². The van der Waals surface area contributed by atoms with E-state index in [9.17, 15) is 4.39 Å². The molecule has 2 heterocycles. The van der Waals surface area contributed by atoms with E-state index in [4.69, 9.17) is 4.98 Å². The molecule has 132 valence electrons. The van der Waals surface area contributed by atoms with Gasteiger partial charge in [-0.25, -0.2) is 9.37 Å². The Labute approximate surface area is 160 Å². The number of benzene rings is 3. The van der Waals surface area contributed by atoms with Crippen LogP contribution in [0.15, 0.2) is 72.8 Å². The van der Waals surface area contributed by atoms with Crippen LogP contribution in [0.2, 0.25) is 0 Å². The van der Waals surface area contributed by atoms with E-state index in [2.05, 4.69) is 47.7 Å². The van der Waals surface area contributed by atoms with Gasteiger partial charge in [0.15, 0.2) is 4.96 Å². The molecule has 27 heavy (non-hydrogen) atoms. The molecule has 5 rings (SSSR count). The normalized spacial score (nSPS) is 11.5. The molecule has 2 nitrogen and oxygen atoms in total. The lowest BCUT2D eigenvalue weighted by molar-refractivity contribution is 0.630. The fraction of sp³-hybridized carbons (Fsp3) is 0.0870. The molecule has 0 fully saturated rings. The van der Waals surface area contributed by atoms with Crippen molar-refractivity contribution in [1.82, 2.24) is 9.38 Å². The number of rotatable bonds is 3. The summed E-state index contributed by atoms with van der Waals surface area (Å²) in [6.07, 6.45) is 1.01. The number of fused-ring (bicyclic) bond motifs is 3. The highest BCUT2D eigenvalue weighted by atomic mass is 32.1. The number of hydrogen-bond acceptors (Lipinski definition) is 2. The first-order chi connectivity index (χ1) is 13.2. The number of aryl methyl sites for hydroxylation is 1. The molecule has 0 bridgehead atoms. The van der Waals surface area contributed by atoms with E-state index in [1.165, 1.54) is 23.0 Å². The second-order valence-electron chi connectivity index (χ2n) is 6.56. The van der Waals surface area contributed by atoms with Gasteiger partial charge in [-0.15, -0.1) is 0 Å². The highest BCUT2D eigenvalue weighted by Crippen LogP contribution is 2.38. The fourth-order valence-corrected chi connectivity index (χ4v) is 4.56. The van der Waals surface area contributed by atoms with Crippen LogP contribution in [-0.4, -0.2) is 9.38 Å². The van der Waals surface area contributed by atoms with Crippen LogP contribution < -0.4 is 0 Å². The van der Waals surface area contributed by atoms with E-state index >= 15 is 0 Å². The molecule has 2 aromatic heterocycles. The third-order valence-corrected chi connectivity index (χ3v) is 5.90. The minimum Gasteiger partial charge on any atom is -0.282 e. The summed E-state index contributed by atoms with van der Waals surface area (Å²) in [5.74, 6) is -0.218. The van der Waals surface area contributed by atoms with Gasteiger partial charge in [0, 0.05) is 11.1 Å². The molecule has 0 saturated carbocycles. The minimum absolute atomic E-state index is 0.218. The Morgan fingerprint density at radius 2 is 1.70 bits per heavy atom. The summed E-state index contributed by atoms with van der Waals surface area (Å²) in [6, 6.07) is 23.8. The lowest BCUT2D eigenvalue weighted by Gasteiger charge is -2.07. The first kappa shape index (κ1) is 16.2. The van der Waals surface area contributed by atoms with Crippen molar-refractivity contribution in [2.45, 2.75) is 13.3 Å². The van der Waals surface area contributed by atoms with Crippen LogP contribution in [-0.2, 0) is 6.42 Å². The second kappa shape index (κ2) is 6.32. The van der Waals surface area contributed by atoms with Gasteiger partial charge in [0.1, 0.15) is 5.82 Å². The molecule has 0 atom stereocenters. The molecule has 0 N–H and O–H groups in total. The minimum atomic E-state index is -0.218. The predicted molar refractivity (Wildman–Crippen MR) is 111 cm³/mol. The van der Waals surface area contributed by atoms with E-state index in [0.717, 1.165) is 44.1 Å². The lowest BCUT2D eigenvalue weighted by atomic mass is 10.0. The van der Waals surface area contributed by atoms with Crippen LogP contribution in [0.5, 0.6) is 0 Å². The van der Waals surface area contributed by atoms with Gasteiger partial charge in [-0.05, 0) is 30.2 Å². The standard InChI is InChI=1S/C23H17FN2S/c1-2-15-8-10-17(11-9-15)22-21(16-6-4-3-5-7-16)25-23-26(22)19-13-12-18(24)14-20(19)27-23/h3-14H,2H2,1H3. The quantitative estimate of drug-likeness (QED) is 0.349. The zero-order valence-corrected chi connectivity index (χ0v) is 15.6. The SMILES string of the molecule is CCc1ccc(-c2c(-c3ccccc3)nc3sc4cc(F)ccc4n23)cc1. The number of aromatic nitrogens is 2. The molecule has 3 aromatic carbocycles. The van der Waals surface area contributed by atoms with Gasteiger partial charge >= 0.3 is 0 Å². The van der Waals surface area contributed by atoms with Crippen molar-refractivity contribution < 1.29 is 4.39 Å². The van der Waals surface area contributed by atoms with Crippen molar-refractivity contribution in [3.8, 4) is 22.5 Å². The van der Waals surface area contributed by atoms with Crippen molar-refractivity contribution in [1.29, 1.82) is 0 Å². The van der Waals surface area contributed by atoms with Crippen molar-refractivity contribution in [3.63, 3.8) is 0 Å².